The van der Waals surface area contributed by atoms with E-state index in [9.17, 15) is 9.59 Å². The molecule has 2 atom stereocenters. The highest BCUT2D eigenvalue weighted by molar-refractivity contribution is 5.99. The number of aliphatic carboxylic acids is 1. The Bertz CT molecular complexity index is 452. The molecule has 2 amide bonds. The highest BCUT2D eigenvalue weighted by Gasteiger charge is 2.35. The average molecular weight is 237 g/mol. The minimum absolute atomic E-state index is 0.125. The van der Waals surface area contributed by atoms with Crippen LogP contribution in [0.5, 0.6) is 0 Å². The number of amides is 2. The molecule has 7 heteroatoms. The molecule has 0 radical (unpaired) electrons. The van der Waals surface area contributed by atoms with Crippen LogP contribution in [0.2, 0.25) is 0 Å². The average Bonchev–Trinajstić information content (AvgIpc) is 2.25. The number of nitrogens with two attached hydrogens (primary N) is 1. The third-order valence-corrected chi connectivity index (χ3v) is 2.45. The van der Waals surface area contributed by atoms with Gasteiger partial charge in [0.1, 0.15) is 11.6 Å². The van der Waals surface area contributed by atoms with Crippen molar-refractivity contribution in [2.75, 3.05) is 6.61 Å². The Morgan fingerprint density at radius 1 is 1.65 bits per heavy atom. The Morgan fingerprint density at radius 2 is 2.41 bits per heavy atom. The van der Waals surface area contributed by atoms with Gasteiger partial charge in [0.2, 0.25) is 0 Å². The highest BCUT2D eigenvalue weighted by atomic mass is 16.5. The standard InChI is InChI=1S/C10H11N3O4/c11-9-8-5(12-10(16)13-9)2-1-3-6(8)17-4-7(14)15/h1-3,5,8H,4H2,(H,14,15)(H3,11,12,13,16). The first kappa shape index (κ1) is 11.2. The molecule has 0 bridgehead atoms. The molecule has 4 N–H and O–H groups in total. The topological polar surface area (TPSA) is 114 Å². The predicted molar refractivity (Wildman–Crippen MR) is 58.2 cm³/mol. The summed E-state index contributed by atoms with van der Waals surface area (Å²) in [6.07, 6.45) is 5.04. The normalized spacial score (nSPS) is 26.5. The Hall–Kier alpha value is -2.31. The van der Waals surface area contributed by atoms with E-state index in [4.69, 9.17) is 15.6 Å². The first-order valence-electron chi connectivity index (χ1n) is 4.95. The number of hydrogen-bond acceptors (Lipinski definition) is 4. The van der Waals surface area contributed by atoms with Crippen LogP contribution < -0.4 is 11.1 Å². The lowest BCUT2D eigenvalue weighted by Gasteiger charge is -2.31. The van der Waals surface area contributed by atoms with E-state index in [1.165, 1.54) is 0 Å². The summed E-state index contributed by atoms with van der Waals surface area (Å²) in [7, 11) is 0. The fraction of sp³-hybridized carbons (Fsp3) is 0.300. The second-order valence-corrected chi connectivity index (χ2v) is 3.63. The van der Waals surface area contributed by atoms with Gasteiger partial charge in [-0.25, -0.2) is 9.59 Å². The quantitative estimate of drug-likeness (QED) is 0.618. The molecule has 0 spiro atoms. The van der Waals surface area contributed by atoms with Crippen molar-refractivity contribution < 1.29 is 19.4 Å². The van der Waals surface area contributed by atoms with Gasteiger partial charge in [0.25, 0.3) is 0 Å². The zero-order chi connectivity index (χ0) is 12.4. The van der Waals surface area contributed by atoms with Gasteiger partial charge in [-0.05, 0) is 6.08 Å². The molecule has 17 heavy (non-hydrogen) atoms. The molecule has 0 aromatic heterocycles. The zero-order valence-electron chi connectivity index (χ0n) is 8.79. The lowest BCUT2D eigenvalue weighted by Crippen LogP contribution is -2.50. The third-order valence-electron chi connectivity index (χ3n) is 2.45. The van der Waals surface area contributed by atoms with Gasteiger partial charge < -0.3 is 20.9 Å². The van der Waals surface area contributed by atoms with Crippen LogP contribution in [0, 0.1) is 5.92 Å². The van der Waals surface area contributed by atoms with Gasteiger partial charge in [0.15, 0.2) is 6.61 Å². The smallest absolute Gasteiger partial charge is 0.343 e. The van der Waals surface area contributed by atoms with Gasteiger partial charge in [-0.15, -0.1) is 0 Å². The number of carboxylic acid groups (broad SMARTS) is 1. The summed E-state index contributed by atoms with van der Waals surface area (Å²) in [6.45, 7) is -0.454. The largest absolute Gasteiger partial charge is 0.485 e. The molecule has 2 unspecified atom stereocenters. The lowest BCUT2D eigenvalue weighted by atomic mass is 9.91. The monoisotopic (exact) mass is 237 g/mol. The summed E-state index contributed by atoms with van der Waals surface area (Å²) in [5.74, 6) is -0.995. The zero-order valence-corrected chi connectivity index (χ0v) is 8.79. The van der Waals surface area contributed by atoms with E-state index in [-0.39, 0.29) is 11.9 Å². The number of nitrogens with zero attached hydrogens (tertiary/aromatic N) is 1. The van der Waals surface area contributed by atoms with Crippen molar-refractivity contribution in [3.05, 3.63) is 24.0 Å². The molecule has 0 saturated carbocycles. The number of ether oxygens (including phenoxy) is 1. The fourth-order valence-electron chi connectivity index (χ4n) is 1.77. The number of hydrogen-bond donors (Lipinski definition) is 3. The maximum absolute atomic E-state index is 11.1. The van der Waals surface area contributed by atoms with Gasteiger partial charge >= 0.3 is 12.0 Å². The Kier molecular flexibility index (Phi) is 2.82. The summed E-state index contributed by atoms with van der Waals surface area (Å²) < 4.78 is 5.12. The van der Waals surface area contributed by atoms with Crippen molar-refractivity contribution in [2.45, 2.75) is 6.04 Å². The molecule has 0 fully saturated rings. The molecule has 0 aromatic rings. The highest BCUT2D eigenvalue weighted by Crippen LogP contribution is 2.24. The van der Waals surface area contributed by atoms with Crippen LogP contribution in [0.15, 0.2) is 29.0 Å². The van der Waals surface area contributed by atoms with E-state index in [0.29, 0.717) is 5.76 Å². The number of allylic oxidation sites excluding steroid dienone is 2. The molecule has 2 aliphatic rings. The first-order chi connectivity index (χ1) is 8.08. The molecule has 90 valence electrons. The fourth-order valence-corrected chi connectivity index (χ4v) is 1.77. The van der Waals surface area contributed by atoms with Crippen molar-refractivity contribution >= 4 is 17.8 Å². The van der Waals surface area contributed by atoms with Crippen LogP contribution in [0.1, 0.15) is 0 Å². The Morgan fingerprint density at radius 3 is 3.12 bits per heavy atom. The van der Waals surface area contributed by atoms with E-state index >= 15 is 0 Å². The Labute approximate surface area is 96.6 Å². The molecular weight excluding hydrogens is 226 g/mol. The summed E-state index contributed by atoms with van der Waals surface area (Å²) in [6, 6.07) is -0.846. The number of rotatable bonds is 3. The van der Waals surface area contributed by atoms with Crippen LogP contribution >= 0.6 is 0 Å². The maximum Gasteiger partial charge on any atom is 0.343 e. The van der Waals surface area contributed by atoms with Gasteiger partial charge in [-0.2, -0.15) is 4.99 Å². The number of carbonyl (C=O) groups excluding carboxylic acids is 1. The second kappa shape index (κ2) is 4.28. The van der Waals surface area contributed by atoms with Gasteiger partial charge in [0.05, 0.1) is 12.0 Å². The van der Waals surface area contributed by atoms with Crippen molar-refractivity contribution in [1.29, 1.82) is 0 Å². The van der Waals surface area contributed by atoms with E-state index in [2.05, 4.69) is 10.3 Å². The van der Waals surface area contributed by atoms with Gasteiger partial charge in [-0.1, -0.05) is 12.2 Å². The predicted octanol–water partition coefficient (Wildman–Crippen LogP) is -0.394. The van der Waals surface area contributed by atoms with Gasteiger partial charge in [-0.3, -0.25) is 0 Å². The van der Waals surface area contributed by atoms with E-state index in [1.807, 2.05) is 0 Å². The molecular formula is C10H11N3O4. The number of carboxylic acids is 1. The number of fused-ring (bicyclic) bond motifs is 1. The summed E-state index contributed by atoms with van der Waals surface area (Å²) >= 11 is 0. The molecule has 0 saturated heterocycles. The number of carbonyl (C=O) groups is 2. The van der Waals surface area contributed by atoms with Crippen LogP contribution in [0.25, 0.3) is 0 Å². The molecule has 1 aliphatic heterocycles. The minimum Gasteiger partial charge on any atom is -0.485 e. The number of nitrogens with one attached hydrogen (secondary N) is 1. The maximum atomic E-state index is 11.1. The van der Waals surface area contributed by atoms with E-state index in [1.54, 1.807) is 18.2 Å². The van der Waals surface area contributed by atoms with Crippen LogP contribution in [0.3, 0.4) is 0 Å². The Balaban J connectivity index is 2.19. The van der Waals surface area contributed by atoms with Crippen LogP contribution in [0.4, 0.5) is 4.79 Å². The summed E-state index contributed by atoms with van der Waals surface area (Å²) in [5.41, 5.74) is 5.66. The van der Waals surface area contributed by atoms with Crippen molar-refractivity contribution in [2.24, 2.45) is 16.6 Å². The summed E-state index contributed by atoms with van der Waals surface area (Å²) in [4.78, 5) is 25.2. The summed E-state index contributed by atoms with van der Waals surface area (Å²) in [5, 5.41) is 11.2. The second-order valence-electron chi connectivity index (χ2n) is 3.63. The van der Waals surface area contributed by atoms with E-state index < -0.39 is 24.5 Å². The van der Waals surface area contributed by atoms with Gasteiger partial charge in [0, 0.05) is 0 Å². The number of aliphatic imine (C=N–C) groups is 1. The molecule has 0 aromatic carbocycles. The lowest BCUT2D eigenvalue weighted by molar-refractivity contribution is -0.141. The van der Waals surface area contributed by atoms with E-state index in [0.717, 1.165) is 0 Å². The molecule has 1 heterocycles. The number of urea groups is 1. The number of amidine groups is 1. The van der Waals surface area contributed by atoms with Crippen molar-refractivity contribution in [3.63, 3.8) is 0 Å². The SMILES string of the molecule is NC1=NC(=O)NC2C=CC=C(OCC(=O)O)C12. The molecule has 2 rings (SSSR count). The minimum atomic E-state index is -1.08. The molecule has 1 aliphatic carbocycles. The van der Waals surface area contributed by atoms with Crippen molar-refractivity contribution in [1.82, 2.24) is 5.32 Å². The van der Waals surface area contributed by atoms with Crippen LogP contribution in [-0.2, 0) is 9.53 Å². The third kappa shape index (κ3) is 2.27. The van der Waals surface area contributed by atoms with Crippen LogP contribution in [-0.4, -0.2) is 35.6 Å². The first-order valence-corrected chi connectivity index (χ1v) is 4.95. The molecule has 7 nitrogen and oxygen atoms in total. The van der Waals surface area contributed by atoms with Crippen molar-refractivity contribution in [3.8, 4) is 0 Å².